The summed E-state index contributed by atoms with van der Waals surface area (Å²) in [7, 11) is 0. The number of hydrogen-bond acceptors (Lipinski definition) is 3. The monoisotopic (exact) mass is 226 g/mol. The number of para-hydroxylation sites is 2. The summed E-state index contributed by atoms with van der Waals surface area (Å²) in [5.74, 6) is 0.822. The molecule has 0 saturated carbocycles. The van der Waals surface area contributed by atoms with Crippen LogP contribution in [0.3, 0.4) is 0 Å². The molecular weight excluding hydrogens is 212 g/mol. The maximum absolute atomic E-state index is 9.48. The number of nitrogens with zero attached hydrogens (tertiary/aromatic N) is 2. The summed E-state index contributed by atoms with van der Waals surface area (Å²) in [4.78, 5) is 7.87. The zero-order valence-corrected chi connectivity index (χ0v) is 9.53. The first-order valence-electron chi connectivity index (χ1n) is 5.91. The quantitative estimate of drug-likeness (QED) is 0.778. The molecule has 1 saturated heterocycles. The van der Waals surface area contributed by atoms with Gasteiger partial charge in [-0.25, -0.2) is 4.98 Å². The Kier molecular flexibility index (Phi) is 2.34. The molecule has 4 nitrogen and oxygen atoms in total. The van der Waals surface area contributed by atoms with Crippen LogP contribution in [-0.4, -0.2) is 23.1 Å². The molecule has 1 aromatic heterocycles. The van der Waals surface area contributed by atoms with Gasteiger partial charge in [-0.3, -0.25) is 0 Å². The zero-order valence-electron chi connectivity index (χ0n) is 9.53. The topological polar surface area (TPSA) is 64.5 Å². The van der Waals surface area contributed by atoms with Crippen molar-refractivity contribution >= 4 is 11.0 Å². The number of fused-ring (bicyclic) bond motifs is 1. The van der Waals surface area contributed by atoms with Crippen LogP contribution in [0.15, 0.2) is 24.3 Å². The lowest BCUT2D eigenvalue weighted by Crippen LogP contribution is -2.39. The Morgan fingerprint density at radius 3 is 2.71 bits per heavy atom. The van der Waals surface area contributed by atoms with Gasteiger partial charge in [0, 0.05) is 0 Å². The van der Waals surface area contributed by atoms with Crippen molar-refractivity contribution in [3.63, 3.8) is 0 Å². The van der Waals surface area contributed by atoms with Crippen molar-refractivity contribution < 1.29 is 0 Å². The Bertz CT molecular complexity index is 539. The van der Waals surface area contributed by atoms with Crippen LogP contribution >= 0.6 is 0 Å². The highest BCUT2D eigenvalue weighted by Crippen LogP contribution is 2.31. The molecular formula is C13H14N4. The maximum Gasteiger partial charge on any atom is 0.127 e. The summed E-state index contributed by atoms with van der Waals surface area (Å²) in [5.41, 5.74) is 1.51. The van der Waals surface area contributed by atoms with Crippen molar-refractivity contribution in [2.75, 3.05) is 13.1 Å². The molecule has 0 unspecified atom stereocenters. The van der Waals surface area contributed by atoms with Crippen LogP contribution in [0.1, 0.15) is 18.7 Å². The van der Waals surface area contributed by atoms with Gasteiger partial charge in [-0.1, -0.05) is 12.1 Å². The second-order valence-electron chi connectivity index (χ2n) is 4.55. The predicted molar refractivity (Wildman–Crippen MR) is 65.5 cm³/mol. The lowest BCUT2D eigenvalue weighted by atomic mass is 9.80. The van der Waals surface area contributed by atoms with Crippen molar-refractivity contribution in [2.24, 2.45) is 0 Å². The van der Waals surface area contributed by atoms with Gasteiger partial charge in [-0.15, -0.1) is 0 Å². The number of nitriles is 1. The number of imidazole rings is 1. The summed E-state index contributed by atoms with van der Waals surface area (Å²) in [6.07, 6.45) is 1.65. The van der Waals surface area contributed by atoms with Crippen LogP contribution in [0.5, 0.6) is 0 Å². The van der Waals surface area contributed by atoms with Crippen molar-refractivity contribution in [3.8, 4) is 6.07 Å². The number of H-pyrrole nitrogens is 1. The van der Waals surface area contributed by atoms with Gasteiger partial charge in [-0.05, 0) is 38.1 Å². The van der Waals surface area contributed by atoms with Gasteiger partial charge >= 0.3 is 0 Å². The fraction of sp³-hybridized carbons (Fsp3) is 0.385. The number of benzene rings is 1. The Morgan fingerprint density at radius 2 is 2.00 bits per heavy atom. The molecule has 1 fully saturated rings. The molecule has 17 heavy (non-hydrogen) atoms. The lowest BCUT2D eigenvalue weighted by Gasteiger charge is -2.29. The van der Waals surface area contributed by atoms with Crippen molar-refractivity contribution in [1.82, 2.24) is 15.3 Å². The van der Waals surface area contributed by atoms with E-state index in [1.54, 1.807) is 0 Å². The Morgan fingerprint density at radius 1 is 1.24 bits per heavy atom. The van der Waals surface area contributed by atoms with Crippen LogP contribution < -0.4 is 5.32 Å². The number of aromatic amines is 1. The predicted octanol–water partition coefficient (Wildman–Crippen LogP) is 1.71. The SMILES string of the molecule is N#CC1(c2nc3ccccc3[nH]2)CCNCC1. The molecule has 2 aromatic rings. The van der Waals surface area contributed by atoms with Crippen molar-refractivity contribution in [1.29, 1.82) is 5.26 Å². The molecule has 0 spiro atoms. The van der Waals surface area contributed by atoms with Crippen LogP contribution in [0.2, 0.25) is 0 Å². The largest absolute Gasteiger partial charge is 0.341 e. The summed E-state index contributed by atoms with van der Waals surface area (Å²) < 4.78 is 0. The molecule has 4 heteroatoms. The van der Waals surface area contributed by atoms with E-state index in [0.29, 0.717) is 0 Å². The first-order chi connectivity index (χ1) is 8.34. The van der Waals surface area contributed by atoms with E-state index in [9.17, 15) is 5.26 Å². The second-order valence-corrected chi connectivity index (χ2v) is 4.55. The molecule has 2 heterocycles. The molecule has 2 N–H and O–H groups in total. The van der Waals surface area contributed by atoms with Gasteiger partial charge in [0.25, 0.3) is 0 Å². The first kappa shape index (κ1) is 10.3. The van der Waals surface area contributed by atoms with Crippen molar-refractivity contribution in [2.45, 2.75) is 18.3 Å². The average molecular weight is 226 g/mol. The third kappa shape index (κ3) is 1.60. The van der Waals surface area contributed by atoms with E-state index in [1.165, 1.54) is 0 Å². The minimum atomic E-state index is -0.440. The Balaban J connectivity index is 2.10. The fourth-order valence-electron chi connectivity index (χ4n) is 2.43. The smallest absolute Gasteiger partial charge is 0.127 e. The van der Waals surface area contributed by atoms with Gasteiger partial charge < -0.3 is 10.3 Å². The Labute approximate surface area is 99.7 Å². The average Bonchev–Trinajstić information content (AvgIpc) is 2.84. The van der Waals surface area contributed by atoms with Crippen LogP contribution in [0, 0.1) is 11.3 Å². The normalized spacial score (nSPS) is 19.0. The number of nitrogens with one attached hydrogen (secondary N) is 2. The Hall–Kier alpha value is -1.86. The fourth-order valence-corrected chi connectivity index (χ4v) is 2.43. The number of hydrogen-bond donors (Lipinski definition) is 2. The molecule has 1 aliphatic rings. The van der Waals surface area contributed by atoms with Gasteiger partial charge in [0.05, 0.1) is 17.1 Å². The standard InChI is InChI=1S/C13H14N4/c14-9-13(5-7-15-8-6-13)12-16-10-3-1-2-4-11(10)17-12/h1-4,15H,5-8H2,(H,16,17). The third-order valence-corrected chi connectivity index (χ3v) is 3.51. The van der Waals surface area contributed by atoms with Gasteiger partial charge in [0.2, 0.25) is 0 Å². The lowest BCUT2D eigenvalue weighted by molar-refractivity contribution is 0.369. The van der Waals surface area contributed by atoms with Crippen LogP contribution in [0.25, 0.3) is 11.0 Å². The molecule has 0 radical (unpaired) electrons. The second kappa shape index (κ2) is 3.86. The molecule has 0 aliphatic carbocycles. The van der Waals surface area contributed by atoms with Gasteiger partial charge in [0.15, 0.2) is 0 Å². The molecule has 3 rings (SSSR count). The molecule has 1 aromatic carbocycles. The number of aromatic nitrogens is 2. The highest BCUT2D eigenvalue weighted by atomic mass is 15.0. The zero-order chi connectivity index (χ0) is 11.7. The van der Waals surface area contributed by atoms with E-state index >= 15 is 0 Å². The maximum atomic E-state index is 9.48. The summed E-state index contributed by atoms with van der Waals surface area (Å²) in [5, 5.41) is 12.8. The van der Waals surface area contributed by atoms with Crippen LogP contribution in [-0.2, 0) is 5.41 Å². The highest BCUT2D eigenvalue weighted by Gasteiger charge is 2.36. The third-order valence-electron chi connectivity index (χ3n) is 3.51. The van der Waals surface area contributed by atoms with Crippen LogP contribution in [0.4, 0.5) is 0 Å². The van der Waals surface area contributed by atoms with E-state index in [2.05, 4.69) is 21.4 Å². The van der Waals surface area contributed by atoms with E-state index in [4.69, 9.17) is 0 Å². The molecule has 86 valence electrons. The van der Waals surface area contributed by atoms with E-state index in [1.807, 2.05) is 24.3 Å². The molecule has 0 atom stereocenters. The summed E-state index contributed by atoms with van der Waals surface area (Å²) >= 11 is 0. The molecule has 0 bridgehead atoms. The number of piperidine rings is 1. The van der Waals surface area contributed by atoms with E-state index in [0.717, 1.165) is 42.8 Å². The summed E-state index contributed by atoms with van der Waals surface area (Å²) in [6, 6.07) is 10.4. The minimum absolute atomic E-state index is 0.440. The van der Waals surface area contributed by atoms with Crippen molar-refractivity contribution in [3.05, 3.63) is 30.1 Å². The van der Waals surface area contributed by atoms with E-state index in [-0.39, 0.29) is 0 Å². The summed E-state index contributed by atoms with van der Waals surface area (Å²) in [6.45, 7) is 1.76. The molecule has 0 amide bonds. The first-order valence-corrected chi connectivity index (χ1v) is 5.91. The van der Waals surface area contributed by atoms with E-state index < -0.39 is 5.41 Å². The highest BCUT2D eigenvalue weighted by molar-refractivity contribution is 5.75. The van der Waals surface area contributed by atoms with Gasteiger partial charge in [-0.2, -0.15) is 5.26 Å². The van der Waals surface area contributed by atoms with Gasteiger partial charge in [0.1, 0.15) is 11.2 Å². The molecule has 1 aliphatic heterocycles. The minimum Gasteiger partial charge on any atom is -0.341 e. The number of rotatable bonds is 1.